The van der Waals surface area contributed by atoms with Gasteiger partial charge in [0.15, 0.2) is 0 Å². The Hall–Kier alpha value is -0.820. The summed E-state index contributed by atoms with van der Waals surface area (Å²) in [6.45, 7) is 6.89. The summed E-state index contributed by atoms with van der Waals surface area (Å²) in [5.41, 5.74) is 0.662. The summed E-state index contributed by atoms with van der Waals surface area (Å²) in [7, 11) is 0. The van der Waals surface area contributed by atoms with E-state index in [4.69, 9.17) is 17.0 Å². The van der Waals surface area contributed by atoms with Gasteiger partial charge in [0.25, 0.3) is 0 Å². The Labute approximate surface area is 59.8 Å². The maximum Gasteiger partial charge on any atom is 0.0340 e. The van der Waals surface area contributed by atoms with E-state index in [0.29, 0.717) is 10.6 Å². The predicted molar refractivity (Wildman–Crippen MR) is 42.1 cm³/mol. The van der Waals surface area contributed by atoms with E-state index in [-0.39, 0.29) is 0 Å². The topological polar surface area (TPSA) is 23.9 Å². The molecule has 0 saturated heterocycles. The van der Waals surface area contributed by atoms with Crippen molar-refractivity contribution in [3.05, 3.63) is 35.9 Å². The summed E-state index contributed by atoms with van der Waals surface area (Å²) in [6.07, 6.45) is 4.28. The molecule has 1 nitrogen and oxygen atoms in total. The first-order valence-corrected chi connectivity index (χ1v) is 2.77. The summed E-state index contributed by atoms with van der Waals surface area (Å²) in [4.78, 5) is 0. The highest BCUT2D eigenvalue weighted by Crippen LogP contribution is 2.02. The zero-order valence-electron chi connectivity index (χ0n) is 5.02. The number of hydrogen-bond acceptors (Lipinski definition) is 1. The second-order valence-corrected chi connectivity index (χ2v) is 1.93. The molecular weight excluding hydrogens is 134 g/mol. The van der Waals surface area contributed by atoms with Crippen LogP contribution in [0.4, 0.5) is 0 Å². The highest BCUT2D eigenvalue weighted by atomic mass is 35.5. The van der Waals surface area contributed by atoms with Gasteiger partial charge in [-0.1, -0.05) is 30.8 Å². The van der Waals surface area contributed by atoms with Gasteiger partial charge in [0, 0.05) is 11.2 Å². The van der Waals surface area contributed by atoms with Gasteiger partial charge < -0.3 is 5.41 Å². The van der Waals surface area contributed by atoms with E-state index in [9.17, 15) is 0 Å². The van der Waals surface area contributed by atoms with Crippen LogP contribution in [0.25, 0.3) is 0 Å². The van der Waals surface area contributed by atoms with Crippen LogP contribution < -0.4 is 0 Å². The summed E-state index contributed by atoms with van der Waals surface area (Å²) >= 11 is 5.41. The smallest absolute Gasteiger partial charge is 0.0340 e. The first kappa shape index (κ1) is 8.18. The minimum Gasteiger partial charge on any atom is -0.308 e. The van der Waals surface area contributed by atoms with Crippen molar-refractivity contribution in [3.63, 3.8) is 0 Å². The fourth-order valence-corrected chi connectivity index (χ4v) is 0.466. The first-order chi connectivity index (χ1) is 4.20. The lowest BCUT2D eigenvalue weighted by atomic mass is 10.3. The quantitative estimate of drug-likeness (QED) is 0.461. The van der Waals surface area contributed by atoms with Crippen LogP contribution >= 0.6 is 11.6 Å². The molecule has 0 spiro atoms. The average molecular weight is 142 g/mol. The van der Waals surface area contributed by atoms with E-state index in [1.54, 1.807) is 12.2 Å². The van der Waals surface area contributed by atoms with Gasteiger partial charge in [-0.3, -0.25) is 0 Å². The molecule has 0 fully saturated rings. The third-order valence-electron chi connectivity index (χ3n) is 0.726. The van der Waals surface area contributed by atoms with E-state index in [1.165, 1.54) is 6.21 Å². The number of rotatable bonds is 3. The molecule has 48 valence electrons. The van der Waals surface area contributed by atoms with Crippen molar-refractivity contribution in [3.8, 4) is 0 Å². The Morgan fingerprint density at radius 2 is 2.11 bits per heavy atom. The average Bonchev–Trinajstić information content (AvgIpc) is 1.82. The highest BCUT2D eigenvalue weighted by molar-refractivity contribution is 6.31. The van der Waals surface area contributed by atoms with E-state index >= 15 is 0 Å². The molecular formula is C7H8ClN. The SMILES string of the molecule is C=C/C(C=N)=C\C(=C)Cl. The summed E-state index contributed by atoms with van der Waals surface area (Å²) in [6, 6.07) is 0. The van der Waals surface area contributed by atoms with Crippen molar-refractivity contribution in [1.29, 1.82) is 5.41 Å². The molecule has 0 atom stereocenters. The second kappa shape index (κ2) is 4.10. The Morgan fingerprint density at radius 3 is 2.22 bits per heavy atom. The van der Waals surface area contributed by atoms with Crippen molar-refractivity contribution < 1.29 is 0 Å². The normalized spacial score (nSPS) is 10.6. The molecule has 1 N–H and O–H groups in total. The van der Waals surface area contributed by atoms with Crippen LogP contribution in [0.1, 0.15) is 0 Å². The second-order valence-electron chi connectivity index (χ2n) is 1.44. The molecule has 0 bridgehead atoms. The van der Waals surface area contributed by atoms with Crippen LogP contribution in [0, 0.1) is 5.41 Å². The highest BCUT2D eigenvalue weighted by Gasteiger charge is 1.83. The van der Waals surface area contributed by atoms with E-state index in [2.05, 4.69) is 13.2 Å². The molecule has 0 aliphatic heterocycles. The van der Waals surface area contributed by atoms with Crippen LogP contribution in [-0.2, 0) is 0 Å². The van der Waals surface area contributed by atoms with Gasteiger partial charge >= 0.3 is 0 Å². The molecule has 0 unspecified atom stereocenters. The van der Waals surface area contributed by atoms with Crippen molar-refractivity contribution in [2.45, 2.75) is 0 Å². The summed E-state index contributed by atoms with van der Waals surface area (Å²) < 4.78 is 0. The number of allylic oxidation sites excluding steroid dienone is 4. The third kappa shape index (κ3) is 3.74. The van der Waals surface area contributed by atoms with Crippen LogP contribution in [0.2, 0.25) is 0 Å². The fraction of sp³-hybridized carbons (Fsp3) is 0. The minimum atomic E-state index is 0.411. The van der Waals surface area contributed by atoms with E-state index in [1.807, 2.05) is 0 Å². The van der Waals surface area contributed by atoms with Gasteiger partial charge in [-0.05, 0) is 11.6 Å². The summed E-state index contributed by atoms with van der Waals surface area (Å²) in [5.74, 6) is 0. The molecule has 0 saturated carbocycles. The molecule has 0 heterocycles. The van der Waals surface area contributed by atoms with Crippen molar-refractivity contribution in [2.75, 3.05) is 0 Å². The van der Waals surface area contributed by atoms with Gasteiger partial charge in [0.1, 0.15) is 0 Å². The molecule has 0 amide bonds. The zero-order chi connectivity index (χ0) is 7.28. The molecule has 0 rings (SSSR count). The predicted octanol–water partition coefficient (Wildman–Crippen LogP) is 2.50. The lowest BCUT2D eigenvalue weighted by Crippen LogP contribution is -1.75. The molecule has 9 heavy (non-hydrogen) atoms. The lowest BCUT2D eigenvalue weighted by Gasteiger charge is -1.86. The number of nitrogens with one attached hydrogen (secondary N) is 1. The first-order valence-electron chi connectivity index (χ1n) is 2.39. The van der Waals surface area contributed by atoms with E-state index < -0.39 is 0 Å². The Balaban J connectivity index is 4.24. The van der Waals surface area contributed by atoms with Crippen LogP contribution in [0.15, 0.2) is 35.9 Å². The molecule has 0 aliphatic carbocycles. The maximum atomic E-state index is 6.79. The Morgan fingerprint density at radius 1 is 1.56 bits per heavy atom. The standard InChI is InChI=1S/C7H8ClN/c1-3-7(5-9)4-6(2)8/h3-5,9H,1-2H2/b7-4+,9-5?. The van der Waals surface area contributed by atoms with Gasteiger partial charge in [-0.2, -0.15) is 0 Å². The van der Waals surface area contributed by atoms with Gasteiger partial charge in [0.2, 0.25) is 0 Å². The van der Waals surface area contributed by atoms with Gasteiger partial charge in [-0.15, -0.1) is 0 Å². The number of halogens is 1. The molecule has 0 aromatic rings. The monoisotopic (exact) mass is 141 g/mol. The molecule has 0 aliphatic rings. The van der Waals surface area contributed by atoms with Gasteiger partial charge in [0.05, 0.1) is 0 Å². The zero-order valence-corrected chi connectivity index (χ0v) is 5.78. The largest absolute Gasteiger partial charge is 0.308 e. The van der Waals surface area contributed by atoms with Crippen molar-refractivity contribution >= 4 is 17.8 Å². The molecule has 2 heteroatoms. The lowest BCUT2D eigenvalue weighted by molar-refractivity contribution is 1.55. The van der Waals surface area contributed by atoms with Crippen LogP contribution in [0.5, 0.6) is 0 Å². The van der Waals surface area contributed by atoms with E-state index in [0.717, 1.165) is 0 Å². The van der Waals surface area contributed by atoms with Crippen molar-refractivity contribution in [1.82, 2.24) is 0 Å². The van der Waals surface area contributed by atoms with Crippen molar-refractivity contribution in [2.24, 2.45) is 0 Å². The maximum absolute atomic E-state index is 6.79. The Kier molecular flexibility index (Phi) is 3.72. The van der Waals surface area contributed by atoms with Crippen LogP contribution in [0.3, 0.4) is 0 Å². The number of hydrogen-bond donors (Lipinski definition) is 1. The third-order valence-corrected chi connectivity index (χ3v) is 0.835. The minimum absolute atomic E-state index is 0.411. The van der Waals surface area contributed by atoms with Gasteiger partial charge in [-0.25, -0.2) is 0 Å². The van der Waals surface area contributed by atoms with Crippen LogP contribution in [-0.4, -0.2) is 6.21 Å². The molecule has 0 radical (unpaired) electrons. The summed E-state index contributed by atoms with van der Waals surface area (Å²) in [5, 5.41) is 7.20. The Bertz CT molecular complexity index is 158. The molecule has 0 aromatic carbocycles. The fourth-order valence-electron chi connectivity index (χ4n) is 0.340. The molecule has 0 aromatic heterocycles.